The zero-order valence-electron chi connectivity index (χ0n) is 16.6. The third kappa shape index (κ3) is 3.75. The monoisotopic (exact) mass is 484 g/mol. The van der Waals surface area contributed by atoms with Crippen LogP contribution in [0.3, 0.4) is 0 Å². The van der Waals surface area contributed by atoms with Crippen molar-refractivity contribution in [1.82, 2.24) is 0 Å². The maximum Gasteiger partial charge on any atom is 0.264 e. The first kappa shape index (κ1) is 20.6. The quantitative estimate of drug-likeness (QED) is 0.561. The van der Waals surface area contributed by atoms with Crippen LogP contribution in [0.2, 0.25) is 0 Å². The van der Waals surface area contributed by atoms with Crippen molar-refractivity contribution < 1.29 is 13.2 Å². The fraction of sp³-hybridized carbons (Fsp3) is 0.174. The Morgan fingerprint density at radius 2 is 1.67 bits per heavy atom. The van der Waals surface area contributed by atoms with Gasteiger partial charge in [0, 0.05) is 22.3 Å². The van der Waals surface area contributed by atoms with Gasteiger partial charge in [-0.15, -0.1) is 0 Å². The normalized spacial score (nSPS) is 13.2. The van der Waals surface area contributed by atoms with E-state index in [1.165, 1.54) is 4.31 Å². The minimum Gasteiger partial charge on any atom is -0.322 e. The van der Waals surface area contributed by atoms with Crippen molar-refractivity contribution >= 4 is 43.2 Å². The Morgan fingerprint density at radius 3 is 2.33 bits per heavy atom. The van der Waals surface area contributed by atoms with Crippen LogP contribution in [0.5, 0.6) is 0 Å². The average molecular weight is 485 g/mol. The van der Waals surface area contributed by atoms with Gasteiger partial charge in [-0.25, -0.2) is 8.42 Å². The smallest absolute Gasteiger partial charge is 0.264 e. The van der Waals surface area contributed by atoms with E-state index in [0.29, 0.717) is 24.2 Å². The highest BCUT2D eigenvalue weighted by atomic mass is 79.9. The summed E-state index contributed by atoms with van der Waals surface area (Å²) < 4.78 is 28.4. The predicted octanol–water partition coefficient (Wildman–Crippen LogP) is 5.07. The molecule has 0 saturated heterocycles. The molecule has 0 bridgehead atoms. The van der Waals surface area contributed by atoms with Crippen LogP contribution < -0.4 is 9.62 Å². The van der Waals surface area contributed by atoms with Gasteiger partial charge < -0.3 is 5.32 Å². The highest BCUT2D eigenvalue weighted by Gasteiger charge is 2.31. The maximum absolute atomic E-state index is 13.1. The molecule has 1 amide bonds. The van der Waals surface area contributed by atoms with Crippen molar-refractivity contribution in [2.75, 3.05) is 16.2 Å². The Morgan fingerprint density at radius 1 is 1.00 bits per heavy atom. The van der Waals surface area contributed by atoms with Crippen LogP contribution in [0.25, 0.3) is 0 Å². The molecule has 7 heteroatoms. The van der Waals surface area contributed by atoms with Crippen molar-refractivity contribution in [3.8, 4) is 0 Å². The minimum atomic E-state index is -3.65. The molecule has 0 aromatic heterocycles. The lowest BCUT2D eigenvalue weighted by Crippen LogP contribution is -2.29. The van der Waals surface area contributed by atoms with Crippen LogP contribution in [-0.4, -0.2) is 20.9 Å². The number of hydrogen-bond donors (Lipinski definition) is 1. The number of aryl methyl sites for hydroxylation is 2. The van der Waals surface area contributed by atoms with Crippen molar-refractivity contribution in [3.05, 3.63) is 87.4 Å². The van der Waals surface area contributed by atoms with E-state index in [2.05, 4.69) is 21.2 Å². The van der Waals surface area contributed by atoms with E-state index in [4.69, 9.17) is 0 Å². The number of rotatable bonds is 4. The summed E-state index contributed by atoms with van der Waals surface area (Å²) >= 11 is 3.33. The molecule has 3 aromatic carbocycles. The Bertz CT molecular complexity index is 1220. The second kappa shape index (κ2) is 7.89. The molecule has 0 aliphatic carbocycles. The Balaban J connectivity index is 1.61. The molecule has 154 valence electrons. The van der Waals surface area contributed by atoms with E-state index in [-0.39, 0.29) is 10.8 Å². The van der Waals surface area contributed by atoms with Crippen molar-refractivity contribution in [2.45, 2.75) is 25.2 Å². The van der Waals surface area contributed by atoms with Gasteiger partial charge in [-0.1, -0.05) is 34.1 Å². The second-order valence-corrected chi connectivity index (χ2v) is 10.1. The summed E-state index contributed by atoms with van der Waals surface area (Å²) in [5.41, 5.74) is 4.79. The van der Waals surface area contributed by atoms with E-state index >= 15 is 0 Å². The van der Waals surface area contributed by atoms with Gasteiger partial charge in [-0.2, -0.15) is 0 Å². The van der Waals surface area contributed by atoms with E-state index in [0.717, 1.165) is 26.9 Å². The lowest BCUT2D eigenvalue weighted by molar-refractivity contribution is 0.102. The zero-order chi connectivity index (χ0) is 21.5. The Hall–Kier alpha value is -2.64. The third-order valence-corrected chi connectivity index (χ3v) is 7.67. The number of nitrogens with one attached hydrogen (secondary N) is 1. The highest BCUT2D eigenvalue weighted by Crippen LogP contribution is 2.34. The fourth-order valence-electron chi connectivity index (χ4n) is 3.69. The Kier molecular flexibility index (Phi) is 5.42. The van der Waals surface area contributed by atoms with Crippen LogP contribution >= 0.6 is 15.9 Å². The number of fused-ring (bicyclic) bond motifs is 1. The standard InChI is InChI=1S/C23H21BrN2O3S/c1-15-4-3-5-16(2)22(15)25-23(27)18-6-11-21-17(14-18)12-13-26(21)30(28,29)20-9-7-19(24)8-10-20/h3-11,14H,12-13H2,1-2H3,(H,25,27). The molecule has 1 N–H and O–H groups in total. The lowest BCUT2D eigenvalue weighted by atomic mass is 10.1. The molecular formula is C23H21BrN2O3S. The molecular weight excluding hydrogens is 464 g/mol. The molecule has 1 heterocycles. The number of hydrogen-bond acceptors (Lipinski definition) is 3. The van der Waals surface area contributed by atoms with E-state index in [9.17, 15) is 13.2 Å². The van der Waals surface area contributed by atoms with Gasteiger partial charge in [0.05, 0.1) is 10.6 Å². The molecule has 3 aromatic rings. The first-order valence-corrected chi connectivity index (χ1v) is 11.8. The van der Waals surface area contributed by atoms with Gasteiger partial charge in [-0.05, 0) is 79.4 Å². The number of benzene rings is 3. The van der Waals surface area contributed by atoms with E-state index in [1.54, 1.807) is 42.5 Å². The molecule has 0 unspecified atom stereocenters. The molecule has 0 spiro atoms. The summed E-state index contributed by atoms with van der Waals surface area (Å²) in [6, 6.07) is 17.6. The number of sulfonamides is 1. The summed E-state index contributed by atoms with van der Waals surface area (Å²) in [5.74, 6) is -0.204. The van der Waals surface area contributed by atoms with Gasteiger partial charge in [0.1, 0.15) is 0 Å². The largest absolute Gasteiger partial charge is 0.322 e. The molecule has 0 radical (unpaired) electrons. The number of para-hydroxylation sites is 1. The molecule has 0 atom stereocenters. The van der Waals surface area contributed by atoms with Crippen LogP contribution in [0.4, 0.5) is 11.4 Å². The summed E-state index contributed by atoms with van der Waals surface area (Å²) in [4.78, 5) is 13.0. The van der Waals surface area contributed by atoms with Gasteiger partial charge in [-0.3, -0.25) is 9.10 Å². The SMILES string of the molecule is Cc1cccc(C)c1NC(=O)c1ccc2c(c1)CCN2S(=O)(=O)c1ccc(Br)cc1. The topological polar surface area (TPSA) is 66.5 Å². The third-order valence-electron chi connectivity index (χ3n) is 5.32. The van der Waals surface area contributed by atoms with Gasteiger partial charge >= 0.3 is 0 Å². The molecule has 1 aliphatic heterocycles. The van der Waals surface area contributed by atoms with Crippen LogP contribution in [0.1, 0.15) is 27.0 Å². The number of anilines is 2. The molecule has 4 rings (SSSR count). The molecule has 30 heavy (non-hydrogen) atoms. The van der Waals surface area contributed by atoms with Gasteiger partial charge in [0.15, 0.2) is 0 Å². The van der Waals surface area contributed by atoms with Gasteiger partial charge in [0.25, 0.3) is 15.9 Å². The first-order valence-electron chi connectivity index (χ1n) is 9.56. The molecule has 1 aliphatic rings. The number of nitrogens with zero attached hydrogens (tertiary/aromatic N) is 1. The van der Waals surface area contributed by atoms with E-state index < -0.39 is 10.0 Å². The highest BCUT2D eigenvalue weighted by molar-refractivity contribution is 9.10. The van der Waals surface area contributed by atoms with Crippen LogP contribution in [0.15, 0.2) is 70.0 Å². The van der Waals surface area contributed by atoms with Crippen molar-refractivity contribution in [3.63, 3.8) is 0 Å². The lowest BCUT2D eigenvalue weighted by Gasteiger charge is -2.20. The zero-order valence-corrected chi connectivity index (χ0v) is 19.0. The average Bonchev–Trinajstić information content (AvgIpc) is 3.15. The van der Waals surface area contributed by atoms with Crippen molar-refractivity contribution in [1.29, 1.82) is 0 Å². The number of halogens is 1. The second-order valence-electron chi connectivity index (χ2n) is 7.35. The van der Waals surface area contributed by atoms with Crippen molar-refractivity contribution in [2.24, 2.45) is 0 Å². The van der Waals surface area contributed by atoms with E-state index in [1.807, 2.05) is 32.0 Å². The van der Waals surface area contributed by atoms with Crippen LogP contribution in [0, 0.1) is 13.8 Å². The number of amides is 1. The minimum absolute atomic E-state index is 0.204. The maximum atomic E-state index is 13.1. The summed E-state index contributed by atoms with van der Waals surface area (Å²) in [5, 5.41) is 2.98. The summed E-state index contributed by atoms with van der Waals surface area (Å²) in [6.07, 6.45) is 0.565. The predicted molar refractivity (Wildman–Crippen MR) is 123 cm³/mol. The number of carbonyl (C=O) groups is 1. The Labute approximate surface area is 184 Å². The van der Waals surface area contributed by atoms with Gasteiger partial charge in [0.2, 0.25) is 0 Å². The summed E-state index contributed by atoms with van der Waals surface area (Å²) in [6.45, 7) is 4.27. The number of carbonyl (C=O) groups excluding carboxylic acids is 1. The fourth-order valence-corrected chi connectivity index (χ4v) is 5.46. The molecule has 0 fully saturated rings. The molecule has 0 saturated carbocycles. The summed E-state index contributed by atoms with van der Waals surface area (Å²) in [7, 11) is -3.65. The first-order chi connectivity index (χ1) is 14.3. The molecule has 5 nitrogen and oxygen atoms in total. The van der Waals surface area contributed by atoms with Crippen LogP contribution in [-0.2, 0) is 16.4 Å².